The van der Waals surface area contributed by atoms with Crippen molar-refractivity contribution in [3.05, 3.63) is 59.7 Å². The average Bonchev–Trinajstić information content (AvgIpc) is 3.04. The number of thioether (sulfide) groups is 1. The first-order valence-corrected chi connectivity index (χ1v) is 8.87. The molecule has 4 rings (SSSR count). The number of carbonyl (C=O) groups is 1. The Morgan fingerprint density at radius 2 is 2.00 bits per heavy atom. The van der Waals surface area contributed by atoms with Crippen LogP contribution in [-0.2, 0) is 0 Å². The van der Waals surface area contributed by atoms with Crippen LogP contribution in [0.1, 0.15) is 22.0 Å². The van der Waals surface area contributed by atoms with Gasteiger partial charge in [0.25, 0.3) is 0 Å². The van der Waals surface area contributed by atoms with Crippen molar-refractivity contribution >= 4 is 28.4 Å². The Hall–Kier alpha value is -2.67. The smallest absolute Gasteiger partial charge is 0.206 e. The molecule has 0 spiro atoms. The number of nitrogens with zero attached hydrogens (tertiary/aromatic N) is 3. The van der Waals surface area contributed by atoms with Crippen molar-refractivity contribution in [3.8, 4) is 5.75 Å². The van der Waals surface area contributed by atoms with Crippen molar-refractivity contribution in [2.75, 3.05) is 18.2 Å². The lowest BCUT2D eigenvalue weighted by Gasteiger charge is -2.16. The summed E-state index contributed by atoms with van der Waals surface area (Å²) in [7, 11) is 1.60. The number of anilines is 1. The van der Waals surface area contributed by atoms with Gasteiger partial charge in [-0.25, -0.2) is 4.99 Å². The van der Waals surface area contributed by atoms with Crippen LogP contribution in [0.3, 0.4) is 0 Å². The number of rotatable bonds is 4. The predicted octanol–water partition coefficient (Wildman–Crippen LogP) is 3.93. The van der Waals surface area contributed by atoms with Gasteiger partial charge in [-0.2, -0.15) is 5.11 Å². The maximum absolute atomic E-state index is 12.3. The normalized spacial score (nSPS) is 20.3. The largest absolute Gasteiger partial charge is 0.497 e. The number of ketones is 1. The monoisotopic (exact) mass is 352 g/mol. The molecule has 0 aliphatic carbocycles. The number of ether oxygens (including phenoxy) is 1. The molecule has 2 atom stereocenters. The van der Waals surface area contributed by atoms with E-state index in [4.69, 9.17) is 4.74 Å². The van der Waals surface area contributed by atoms with Gasteiger partial charge in [0, 0.05) is 16.8 Å². The maximum Gasteiger partial charge on any atom is 0.206 e. The zero-order valence-corrected chi connectivity index (χ0v) is 14.4. The Balaban J connectivity index is 1.40. The van der Waals surface area contributed by atoms with E-state index >= 15 is 0 Å². The van der Waals surface area contributed by atoms with Crippen molar-refractivity contribution in [1.29, 1.82) is 0 Å². The number of amidine groups is 1. The van der Waals surface area contributed by atoms with E-state index in [0.29, 0.717) is 10.7 Å². The minimum atomic E-state index is -0.145. The number of carbonyl (C=O) groups excluding carboxylic acids is 1. The van der Waals surface area contributed by atoms with Gasteiger partial charge in [0.1, 0.15) is 11.8 Å². The molecule has 0 aromatic heterocycles. The van der Waals surface area contributed by atoms with Gasteiger partial charge in [0.05, 0.1) is 12.9 Å². The van der Waals surface area contributed by atoms with Gasteiger partial charge in [-0.05, 0) is 30.3 Å². The molecule has 0 unspecified atom stereocenters. The van der Waals surface area contributed by atoms with Crippen LogP contribution in [0.5, 0.6) is 5.75 Å². The van der Waals surface area contributed by atoms with E-state index in [1.807, 2.05) is 24.3 Å². The van der Waals surface area contributed by atoms with E-state index in [1.165, 1.54) is 11.8 Å². The Bertz CT molecular complexity index is 864. The molecule has 2 heterocycles. The quantitative estimate of drug-likeness (QED) is 0.846. The highest BCUT2D eigenvalue weighted by Crippen LogP contribution is 2.39. The standard InChI is InChI=1S/C18H16N4O2S/c1-24-12-8-6-11(7-9-12)15(23)10-25-18-20-17-16(21-22-18)13-4-2-3-5-14(13)19-17/h2-9,16-17,19H,10H2,1H3/t16-,17+/m0/s1. The van der Waals surface area contributed by atoms with Crippen LogP contribution in [0.4, 0.5) is 5.69 Å². The second-order valence-electron chi connectivity index (χ2n) is 5.69. The van der Waals surface area contributed by atoms with Gasteiger partial charge in [0.2, 0.25) is 5.17 Å². The Morgan fingerprint density at radius 1 is 1.20 bits per heavy atom. The van der Waals surface area contributed by atoms with E-state index in [1.54, 1.807) is 31.4 Å². The second-order valence-corrected chi connectivity index (χ2v) is 6.63. The molecule has 2 aromatic carbocycles. The average molecular weight is 352 g/mol. The summed E-state index contributed by atoms with van der Waals surface area (Å²) in [5, 5.41) is 12.4. The summed E-state index contributed by atoms with van der Waals surface area (Å²) in [4.78, 5) is 16.9. The van der Waals surface area contributed by atoms with E-state index in [-0.39, 0.29) is 23.7 Å². The third-order valence-corrected chi connectivity index (χ3v) is 5.00. The van der Waals surface area contributed by atoms with Crippen molar-refractivity contribution < 1.29 is 9.53 Å². The number of nitrogens with one attached hydrogen (secondary N) is 1. The van der Waals surface area contributed by atoms with E-state index in [9.17, 15) is 4.79 Å². The zero-order chi connectivity index (χ0) is 17.2. The van der Waals surface area contributed by atoms with Gasteiger partial charge in [-0.3, -0.25) is 4.79 Å². The molecule has 2 aromatic rings. The molecule has 0 amide bonds. The molecule has 0 bridgehead atoms. The van der Waals surface area contributed by atoms with Crippen LogP contribution >= 0.6 is 11.8 Å². The van der Waals surface area contributed by atoms with Gasteiger partial charge >= 0.3 is 0 Å². The summed E-state index contributed by atoms with van der Waals surface area (Å²) < 4.78 is 5.10. The Labute approximate surface area is 149 Å². The fourth-order valence-electron chi connectivity index (χ4n) is 2.84. The number of hydrogen-bond donors (Lipinski definition) is 1. The molecule has 0 saturated carbocycles. The number of azo groups is 1. The van der Waals surface area contributed by atoms with Gasteiger partial charge in [-0.1, -0.05) is 30.0 Å². The lowest BCUT2D eigenvalue weighted by molar-refractivity contribution is 0.102. The Kier molecular flexibility index (Phi) is 4.23. The molecular weight excluding hydrogens is 336 g/mol. The van der Waals surface area contributed by atoms with Crippen LogP contribution < -0.4 is 10.1 Å². The summed E-state index contributed by atoms with van der Waals surface area (Å²) in [6.45, 7) is 0. The van der Waals surface area contributed by atoms with E-state index < -0.39 is 0 Å². The zero-order valence-electron chi connectivity index (χ0n) is 13.5. The van der Waals surface area contributed by atoms with Crippen LogP contribution in [0.15, 0.2) is 63.8 Å². The molecule has 0 saturated heterocycles. The molecule has 25 heavy (non-hydrogen) atoms. The molecular formula is C18H16N4O2S. The predicted molar refractivity (Wildman–Crippen MR) is 98.7 cm³/mol. The molecule has 1 N–H and O–H groups in total. The molecule has 2 aliphatic heterocycles. The molecule has 2 aliphatic rings. The SMILES string of the molecule is COc1ccc(C(=O)CSC2=N[C@H]3Nc4ccccc4[C@@H]3N=N2)cc1. The van der Waals surface area contributed by atoms with Crippen LogP contribution in [0, 0.1) is 0 Å². The summed E-state index contributed by atoms with van der Waals surface area (Å²) in [5.74, 6) is 1.03. The number of hydrogen-bond acceptors (Lipinski definition) is 7. The summed E-state index contributed by atoms with van der Waals surface area (Å²) in [6, 6.07) is 15.0. The number of methoxy groups -OCH3 is 1. The minimum Gasteiger partial charge on any atom is -0.497 e. The number of fused-ring (bicyclic) bond motifs is 3. The fourth-order valence-corrected chi connectivity index (χ4v) is 3.56. The van der Waals surface area contributed by atoms with Crippen LogP contribution in [-0.4, -0.2) is 30.0 Å². The lowest BCUT2D eigenvalue weighted by atomic mass is 10.1. The molecule has 0 fully saturated rings. The molecule has 0 radical (unpaired) electrons. The number of aliphatic imine (C=N–C) groups is 1. The summed E-state index contributed by atoms with van der Waals surface area (Å²) in [5.41, 5.74) is 2.80. The highest BCUT2D eigenvalue weighted by atomic mass is 32.2. The van der Waals surface area contributed by atoms with E-state index in [2.05, 4.69) is 20.5 Å². The minimum absolute atomic E-state index is 0.0235. The van der Waals surface area contributed by atoms with Gasteiger partial charge in [0.15, 0.2) is 11.9 Å². The summed E-state index contributed by atoms with van der Waals surface area (Å²) in [6.07, 6.45) is -0.145. The van der Waals surface area contributed by atoms with Crippen molar-refractivity contribution in [2.24, 2.45) is 15.2 Å². The molecule has 7 heteroatoms. The fraction of sp³-hybridized carbons (Fsp3) is 0.222. The number of benzene rings is 2. The van der Waals surface area contributed by atoms with Gasteiger partial charge < -0.3 is 10.1 Å². The third-order valence-electron chi connectivity index (χ3n) is 4.14. The van der Waals surface area contributed by atoms with Crippen molar-refractivity contribution in [1.82, 2.24) is 0 Å². The van der Waals surface area contributed by atoms with Gasteiger partial charge in [-0.15, -0.1) is 5.11 Å². The lowest BCUT2D eigenvalue weighted by Crippen LogP contribution is -2.21. The van der Waals surface area contributed by atoms with Crippen molar-refractivity contribution in [2.45, 2.75) is 12.2 Å². The highest BCUT2D eigenvalue weighted by Gasteiger charge is 2.34. The number of para-hydroxylation sites is 1. The molecule has 6 nitrogen and oxygen atoms in total. The summed E-state index contributed by atoms with van der Waals surface area (Å²) >= 11 is 1.31. The van der Waals surface area contributed by atoms with Crippen LogP contribution in [0.2, 0.25) is 0 Å². The van der Waals surface area contributed by atoms with Crippen LogP contribution in [0.25, 0.3) is 0 Å². The maximum atomic E-state index is 12.3. The first-order valence-electron chi connectivity index (χ1n) is 7.89. The molecule has 126 valence electrons. The first-order chi connectivity index (χ1) is 12.2. The van der Waals surface area contributed by atoms with E-state index in [0.717, 1.165) is 17.0 Å². The van der Waals surface area contributed by atoms with Crippen molar-refractivity contribution in [3.63, 3.8) is 0 Å². The Morgan fingerprint density at radius 3 is 2.80 bits per heavy atom. The third kappa shape index (κ3) is 3.15. The first kappa shape index (κ1) is 15.8. The highest BCUT2D eigenvalue weighted by molar-refractivity contribution is 8.14. The topological polar surface area (TPSA) is 75.4 Å². The second kappa shape index (κ2) is 6.68. The number of Topliss-reactive ketones (excluding diaryl/α,β-unsaturated/α-hetero) is 1.